The van der Waals surface area contributed by atoms with Gasteiger partial charge in [0.15, 0.2) is 5.82 Å². The van der Waals surface area contributed by atoms with Crippen LogP contribution in [0.3, 0.4) is 0 Å². The second-order valence-electron chi connectivity index (χ2n) is 5.08. The number of nitrogens with one attached hydrogen (secondary N) is 1. The molecule has 1 unspecified atom stereocenters. The van der Waals surface area contributed by atoms with Gasteiger partial charge in [0.1, 0.15) is 11.9 Å². The van der Waals surface area contributed by atoms with E-state index in [9.17, 15) is 0 Å². The number of ether oxygens (including phenoxy) is 1. The summed E-state index contributed by atoms with van der Waals surface area (Å²) in [7, 11) is 1.93. The average Bonchev–Trinajstić information content (AvgIpc) is 2.82. The van der Waals surface area contributed by atoms with Crippen molar-refractivity contribution in [1.29, 1.82) is 0 Å². The fourth-order valence-corrected chi connectivity index (χ4v) is 2.53. The van der Waals surface area contributed by atoms with Crippen LogP contribution in [0.2, 0.25) is 0 Å². The lowest BCUT2D eigenvalue weighted by Gasteiger charge is -2.21. The molecule has 4 heteroatoms. The summed E-state index contributed by atoms with van der Waals surface area (Å²) in [6.45, 7) is 7.01. The standard InChI is InChI=1S/C14H23N3O/c1-5-18-12(9(2)3)14-16-11-8-6-7-10(11)13(15-4)17-14/h9,12H,5-8H2,1-4H3,(H,15,16,17). The van der Waals surface area contributed by atoms with Gasteiger partial charge >= 0.3 is 0 Å². The van der Waals surface area contributed by atoms with Crippen LogP contribution in [0.5, 0.6) is 0 Å². The molecule has 0 spiro atoms. The summed E-state index contributed by atoms with van der Waals surface area (Å²) in [6, 6.07) is 0. The van der Waals surface area contributed by atoms with Crippen molar-refractivity contribution in [1.82, 2.24) is 9.97 Å². The van der Waals surface area contributed by atoms with Crippen molar-refractivity contribution in [2.75, 3.05) is 19.0 Å². The minimum Gasteiger partial charge on any atom is -0.373 e. The quantitative estimate of drug-likeness (QED) is 0.871. The SMILES string of the molecule is CCOC(c1nc2c(c(NC)n1)CCC2)C(C)C. The molecule has 0 saturated carbocycles. The van der Waals surface area contributed by atoms with Crippen molar-refractivity contribution in [2.45, 2.75) is 46.1 Å². The van der Waals surface area contributed by atoms with Crippen LogP contribution in [0.1, 0.15) is 50.4 Å². The molecule has 1 atom stereocenters. The molecule has 0 bridgehead atoms. The number of hydrogen-bond donors (Lipinski definition) is 1. The third-order valence-corrected chi connectivity index (χ3v) is 3.39. The van der Waals surface area contributed by atoms with E-state index in [1.165, 1.54) is 17.7 Å². The van der Waals surface area contributed by atoms with E-state index in [-0.39, 0.29) is 6.10 Å². The van der Waals surface area contributed by atoms with Gasteiger partial charge in [-0.15, -0.1) is 0 Å². The van der Waals surface area contributed by atoms with E-state index in [1.54, 1.807) is 0 Å². The zero-order valence-corrected chi connectivity index (χ0v) is 11.8. The highest BCUT2D eigenvalue weighted by Gasteiger charge is 2.24. The Bertz CT molecular complexity index is 418. The van der Waals surface area contributed by atoms with Crippen molar-refractivity contribution >= 4 is 5.82 Å². The Kier molecular flexibility index (Phi) is 4.17. The van der Waals surface area contributed by atoms with Crippen LogP contribution in [0.15, 0.2) is 0 Å². The summed E-state index contributed by atoms with van der Waals surface area (Å²) in [4.78, 5) is 9.38. The second-order valence-corrected chi connectivity index (χ2v) is 5.08. The molecule has 0 radical (unpaired) electrons. The van der Waals surface area contributed by atoms with Crippen LogP contribution in [0.4, 0.5) is 5.82 Å². The number of aromatic nitrogens is 2. The molecule has 0 aliphatic heterocycles. The summed E-state index contributed by atoms with van der Waals surface area (Å²) in [5.74, 6) is 2.20. The normalized spacial score (nSPS) is 15.8. The van der Waals surface area contributed by atoms with E-state index in [2.05, 4.69) is 24.1 Å². The van der Waals surface area contributed by atoms with E-state index in [0.29, 0.717) is 12.5 Å². The Morgan fingerprint density at radius 1 is 1.28 bits per heavy atom. The maximum absolute atomic E-state index is 5.80. The lowest BCUT2D eigenvalue weighted by atomic mass is 10.1. The number of fused-ring (bicyclic) bond motifs is 1. The molecule has 1 aliphatic rings. The van der Waals surface area contributed by atoms with Crippen molar-refractivity contribution in [2.24, 2.45) is 5.92 Å². The molecule has 0 aromatic carbocycles. The molecule has 4 nitrogen and oxygen atoms in total. The second kappa shape index (κ2) is 5.65. The van der Waals surface area contributed by atoms with Crippen LogP contribution < -0.4 is 5.32 Å². The van der Waals surface area contributed by atoms with Crippen molar-refractivity contribution in [3.8, 4) is 0 Å². The first-order chi connectivity index (χ1) is 8.67. The third-order valence-electron chi connectivity index (χ3n) is 3.39. The summed E-state index contributed by atoms with van der Waals surface area (Å²) in [5, 5.41) is 3.20. The first-order valence-electron chi connectivity index (χ1n) is 6.86. The highest BCUT2D eigenvalue weighted by atomic mass is 16.5. The molecule has 1 aromatic rings. The van der Waals surface area contributed by atoms with Gasteiger partial charge in [-0.25, -0.2) is 9.97 Å². The predicted octanol–water partition coefficient (Wildman–Crippen LogP) is 2.74. The summed E-state index contributed by atoms with van der Waals surface area (Å²) in [6.07, 6.45) is 3.33. The Morgan fingerprint density at radius 2 is 2.06 bits per heavy atom. The van der Waals surface area contributed by atoms with Crippen LogP contribution in [0.25, 0.3) is 0 Å². The first kappa shape index (κ1) is 13.3. The molecule has 0 saturated heterocycles. The minimum atomic E-state index is -0.00648. The Morgan fingerprint density at radius 3 is 2.67 bits per heavy atom. The monoisotopic (exact) mass is 249 g/mol. The van der Waals surface area contributed by atoms with Gasteiger partial charge in [0.05, 0.1) is 0 Å². The molecule has 18 heavy (non-hydrogen) atoms. The van der Waals surface area contributed by atoms with E-state index in [0.717, 1.165) is 24.5 Å². The molecule has 100 valence electrons. The number of rotatable bonds is 5. The third kappa shape index (κ3) is 2.48. The van der Waals surface area contributed by atoms with Gasteiger partial charge in [0.25, 0.3) is 0 Å². The number of nitrogens with zero attached hydrogens (tertiary/aromatic N) is 2. The molecular weight excluding hydrogens is 226 g/mol. The lowest BCUT2D eigenvalue weighted by Crippen LogP contribution is -2.17. The van der Waals surface area contributed by atoms with E-state index in [1.807, 2.05) is 14.0 Å². The fourth-order valence-electron chi connectivity index (χ4n) is 2.53. The molecular formula is C14H23N3O. The summed E-state index contributed by atoms with van der Waals surface area (Å²) >= 11 is 0. The fraction of sp³-hybridized carbons (Fsp3) is 0.714. The van der Waals surface area contributed by atoms with Gasteiger partial charge in [0, 0.05) is 24.9 Å². The Balaban J connectivity index is 2.38. The summed E-state index contributed by atoms with van der Waals surface area (Å²) < 4.78 is 5.80. The summed E-state index contributed by atoms with van der Waals surface area (Å²) in [5.41, 5.74) is 2.50. The average molecular weight is 249 g/mol. The predicted molar refractivity (Wildman–Crippen MR) is 72.8 cm³/mol. The van der Waals surface area contributed by atoms with E-state index >= 15 is 0 Å². The van der Waals surface area contributed by atoms with E-state index < -0.39 is 0 Å². The topological polar surface area (TPSA) is 47.0 Å². The maximum atomic E-state index is 5.80. The molecule has 1 heterocycles. The Labute approximate surface area is 109 Å². The number of hydrogen-bond acceptors (Lipinski definition) is 4. The zero-order valence-electron chi connectivity index (χ0n) is 11.8. The Hall–Kier alpha value is -1.16. The molecule has 0 fully saturated rings. The van der Waals surface area contributed by atoms with Crippen LogP contribution in [-0.4, -0.2) is 23.6 Å². The van der Waals surface area contributed by atoms with Gasteiger partial charge in [-0.1, -0.05) is 13.8 Å². The van der Waals surface area contributed by atoms with Gasteiger partial charge in [-0.2, -0.15) is 0 Å². The largest absolute Gasteiger partial charge is 0.373 e. The molecule has 2 rings (SSSR count). The van der Waals surface area contributed by atoms with Crippen LogP contribution in [0, 0.1) is 5.92 Å². The zero-order chi connectivity index (χ0) is 13.1. The van der Waals surface area contributed by atoms with Crippen LogP contribution in [-0.2, 0) is 17.6 Å². The highest BCUT2D eigenvalue weighted by Crippen LogP contribution is 2.30. The first-order valence-corrected chi connectivity index (χ1v) is 6.86. The molecule has 1 N–H and O–H groups in total. The number of aryl methyl sites for hydroxylation is 1. The molecule has 1 aromatic heterocycles. The molecule has 0 amide bonds. The van der Waals surface area contributed by atoms with Crippen molar-refractivity contribution in [3.63, 3.8) is 0 Å². The van der Waals surface area contributed by atoms with E-state index in [4.69, 9.17) is 9.72 Å². The molecule has 1 aliphatic carbocycles. The smallest absolute Gasteiger partial charge is 0.160 e. The van der Waals surface area contributed by atoms with Gasteiger partial charge in [-0.3, -0.25) is 0 Å². The maximum Gasteiger partial charge on any atom is 0.160 e. The van der Waals surface area contributed by atoms with Gasteiger partial charge in [0.2, 0.25) is 0 Å². The number of anilines is 1. The van der Waals surface area contributed by atoms with Crippen molar-refractivity contribution in [3.05, 3.63) is 17.1 Å². The minimum absolute atomic E-state index is 0.00648. The van der Waals surface area contributed by atoms with Gasteiger partial charge < -0.3 is 10.1 Å². The highest BCUT2D eigenvalue weighted by molar-refractivity contribution is 5.48. The van der Waals surface area contributed by atoms with Gasteiger partial charge in [-0.05, 0) is 32.1 Å². The van der Waals surface area contributed by atoms with Crippen molar-refractivity contribution < 1.29 is 4.74 Å². The lowest BCUT2D eigenvalue weighted by molar-refractivity contribution is 0.0231. The van der Waals surface area contributed by atoms with Crippen LogP contribution >= 0.6 is 0 Å².